The second-order valence-corrected chi connectivity index (χ2v) is 13.8. The molecule has 1 unspecified atom stereocenters. The Morgan fingerprint density at radius 3 is 2.32 bits per heavy atom. The zero-order chi connectivity index (χ0) is 18.9. The maximum Gasteiger partial charge on any atom is 0.192 e. The van der Waals surface area contributed by atoms with Crippen molar-refractivity contribution in [3.05, 3.63) is 35.9 Å². The van der Waals surface area contributed by atoms with Crippen LogP contribution in [0.25, 0.3) is 0 Å². The number of ether oxygens (including phenoxy) is 2. The van der Waals surface area contributed by atoms with Gasteiger partial charge in [0.15, 0.2) is 8.32 Å². The molecule has 1 aromatic carbocycles. The molecule has 0 bridgehead atoms. The lowest BCUT2D eigenvalue weighted by Crippen LogP contribution is -2.51. The van der Waals surface area contributed by atoms with E-state index in [2.05, 4.69) is 79.8 Å². The maximum absolute atomic E-state index is 6.76. The highest BCUT2D eigenvalue weighted by Gasteiger charge is 2.53. The van der Waals surface area contributed by atoms with Crippen LogP contribution in [0.15, 0.2) is 30.3 Å². The molecule has 2 rings (SSSR count). The topological polar surface area (TPSA) is 27.7 Å². The van der Waals surface area contributed by atoms with Crippen molar-refractivity contribution in [2.75, 3.05) is 0 Å². The lowest BCUT2D eigenvalue weighted by atomic mass is 9.89. The summed E-state index contributed by atoms with van der Waals surface area (Å²) in [5.41, 5.74) is 0.882. The molecule has 25 heavy (non-hydrogen) atoms. The Balaban J connectivity index is 2.20. The van der Waals surface area contributed by atoms with E-state index in [0.29, 0.717) is 6.61 Å². The molecule has 1 aliphatic rings. The summed E-state index contributed by atoms with van der Waals surface area (Å²) < 4.78 is 19.5. The number of rotatable bonds is 6. The van der Waals surface area contributed by atoms with Crippen molar-refractivity contribution in [3.63, 3.8) is 0 Å². The van der Waals surface area contributed by atoms with Gasteiger partial charge in [0.2, 0.25) is 0 Å². The molecule has 140 valence electrons. The van der Waals surface area contributed by atoms with Gasteiger partial charge in [-0.25, -0.2) is 0 Å². The predicted octanol–water partition coefficient (Wildman–Crippen LogP) is 4.12. The maximum atomic E-state index is 6.76. The van der Waals surface area contributed by atoms with Gasteiger partial charge in [-0.05, 0) is 37.0 Å². The molecular weight excluding hydrogens is 327 g/mol. The molecule has 5 heteroatoms. The summed E-state index contributed by atoms with van der Waals surface area (Å²) in [6.07, 6.45) is 0.838. The third kappa shape index (κ3) is 4.57. The first-order valence-corrected chi connectivity index (χ1v) is 12.4. The van der Waals surface area contributed by atoms with E-state index in [9.17, 15) is 0 Å². The molecule has 0 saturated carbocycles. The Bertz CT molecular complexity index is 558. The normalized spacial score (nSPS) is 30.6. The first-order chi connectivity index (χ1) is 11.5. The van der Waals surface area contributed by atoms with E-state index in [-0.39, 0.29) is 28.9 Å². The zero-order valence-corrected chi connectivity index (χ0v) is 18.3. The van der Waals surface area contributed by atoms with Crippen molar-refractivity contribution in [2.24, 2.45) is 0 Å². The fourth-order valence-electron chi connectivity index (χ4n) is 3.14. The highest BCUT2D eigenvalue weighted by molar-refractivity contribution is 6.74. The van der Waals surface area contributed by atoms with E-state index >= 15 is 0 Å². The first-order valence-electron chi connectivity index (χ1n) is 9.51. The Kier molecular flexibility index (Phi) is 6.25. The molecule has 0 aromatic heterocycles. The summed E-state index contributed by atoms with van der Waals surface area (Å²) in [5, 5.41) is 0.169. The molecule has 1 heterocycles. The SMILES string of the molecule is B[C@@H]1O[C@](C)(CC)[C@H](OCc2ccccc2)C1O[Si](C)(C)C(C)(C)C. The summed E-state index contributed by atoms with van der Waals surface area (Å²) in [5.74, 6) is 0. The Morgan fingerprint density at radius 2 is 1.80 bits per heavy atom. The van der Waals surface area contributed by atoms with Crippen LogP contribution in [0, 0.1) is 0 Å². The van der Waals surface area contributed by atoms with Crippen molar-refractivity contribution in [1.29, 1.82) is 0 Å². The van der Waals surface area contributed by atoms with E-state index < -0.39 is 8.32 Å². The van der Waals surface area contributed by atoms with Gasteiger partial charge in [-0.1, -0.05) is 58.0 Å². The van der Waals surface area contributed by atoms with Crippen LogP contribution in [0.5, 0.6) is 0 Å². The van der Waals surface area contributed by atoms with Crippen LogP contribution >= 0.6 is 0 Å². The van der Waals surface area contributed by atoms with E-state index in [1.165, 1.54) is 5.56 Å². The van der Waals surface area contributed by atoms with Crippen LogP contribution < -0.4 is 0 Å². The van der Waals surface area contributed by atoms with Crippen LogP contribution in [0.2, 0.25) is 18.1 Å². The Labute approximate surface area is 156 Å². The van der Waals surface area contributed by atoms with Crippen molar-refractivity contribution in [2.45, 2.75) is 89.6 Å². The summed E-state index contributed by atoms with van der Waals surface area (Å²) >= 11 is 0. The van der Waals surface area contributed by atoms with E-state index in [1.807, 2.05) is 6.07 Å². The smallest absolute Gasteiger partial charge is 0.192 e. The van der Waals surface area contributed by atoms with Gasteiger partial charge in [0.25, 0.3) is 0 Å². The summed E-state index contributed by atoms with van der Waals surface area (Å²) in [7, 11) is 0.225. The van der Waals surface area contributed by atoms with Gasteiger partial charge in [-0.3, -0.25) is 0 Å². The lowest BCUT2D eigenvalue weighted by Gasteiger charge is -2.41. The molecule has 1 aromatic rings. The van der Waals surface area contributed by atoms with E-state index in [0.717, 1.165) is 6.42 Å². The summed E-state index contributed by atoms with van der Waals surface area (Å²) in [6, 6.07) is 10.4. The minimum Gasteiger partial charge on any atom is -0.409 e. The van der Waals surface area contributed by atoms with Gasteiger partial charge in [-0.2, -0.15) is 0 Å². The van der Waals surface area contributed by atoms with Crippen LogP contribution in [-0.2, 0) is 20.5 Å². The molecule has 1 aliphatic heterocycles. The number of hydrogen-bond donors (Lipinski definition) is 0. The van der Waals surface area contributed by atoms with Crippen molar-refractivity contribution in [1.82, 2.24) is 0 Å². The van der Waals surface area contributed by atoms with Gasteiger partial charge in [0.1, 0.15) is 14.0 Å². The van der Waals surface area contributed by atoms with Gasteiger partial charge in [0.05, 0.1) is 24.3 Å². The van der Waals surface area contributed by atoms with Crippen molar-refractivity contribution < 1.29 is 13.9 Å². The largest absolute Gasteiger partial charge is 0.409 e. The molecule has 4 atom stereocenters. The standard InChI is InChI=1S/C20H35BO3Si/c1-8-20(5)17(22-14-15-12-10-9-11-13-15)16(18(21)23-20)24-25(6,7)19(2,3)4/h9-13,16-18H,8,14,21H2,1-7H3/t16?,17-,18-,20-/m1/s1. The van der Waals surface area contributed by atoms with Gasteiger partial charge < -0.3 is 13.9 Å². The fraction of sp³-hybridized carbons (Fsp3) is 0.700. The second kappa shape index (κ2) is 7.55. The Morgan fingerprint density at radius 1 is 1.20 bits per heavy atom. The first kappa shape index (κ1) is 20.7. The highest BCUT2D eigenvalue weighted by atomic mass is 28.4. The molecule has 3 nitrogen and oxygen atoms in total. The van der Waals surface area contributed by atoms with Crippen LogP contribution in [-0.4, -0.2) is 40.0 Å². The monoisotopic (exact) mass is 362 g/mol. The van der Waals surface area contributed by atoms with Crippen molar-refractivity contribution >= 4 is 16.2 Å². The quantitative estimate of drug-likeness (QED) is 0.713. The summed E-state index contributed by atoms with van der Waals surface area (Å²) in [4.78, 5) is 0. The fourth-order valence-corrected chi connectivity index (χ4v) is 4.49. The third-order valence-corrected chi connectivity index (χ3v) is 10.5. The van der Waals surface area contributed by atoms with Crippen LogP contribution in [0.1, 0.15) is 46.6 Å². The molecule has 0 spiro atoms. The molecule has 1 fully saturated rings. The molecule has 0 aliphatic carbocycles. The van der Waals surface area contributed by atoms with Gasteiger partial charge in [-0.15, -0.1) is 0 Å². The van der Waals surface area contributed by atoms with Gasteiger partial charge in [0, 0.05) is 0 Å². The molecule has 0 amide bonds. The lowest BCUT2D eigenvalue weighted by molar-refractivity contribution is -0.0964. The van der Waals surface area contributed by atoms with Gasteiger partial charge >= 0.3 is 0 Å². The average Bonchev–Trinajstić information content (AvgIpc) is 2.76. The summed E-state index contributed by atoms with van der Waals surface area (Å²) in [6.45, 7) is 16.4. The average molecular weight is 362 g/mol. The minimum absolute atomic E-state index is 0.0189. The van der Waals surface area contributed by atoms with E-state index in [1.54, 1.807) is 0 Å². The molecule has 1 saturated heterocycles. The van der Waals surface area contributed by atoms with Crippen molar-refractivity contribution in [3.8, 4) is 0 Å². The number of hydrogen-bond acceptors (Lipinski definition) is 3. The zero-order valence-electron chi connectivity index (χ0n) is 17.3. The highest BCUT2D eigenvalue weighted by Crippen LogP contribution is 2.43. The van der Waals surface area contributed by atoms with Crippen LogP contribution in [0.4, 0.5) is 0 Å². The molecular formula is C20H35BO3Si. The minimum atomic E-state index is -1.90. The predicted molar refractivity (Wildman–Crippen MR) is 109 cm³/mol. The second-order valence-electron chi connectivity index (χ2n) is 9.05. The third-order valence-electron chi connectivity index (χ3n) is 6.03. The van der Waals surface area contributed by atoms with Crippen LogP contribution in [0.3, 0.4) is 0 Å². The van der Waals surface area contributed by atoms with E-state index in [4.69, 9.17) is 13.9 Å². The Hall–Kier alpha value is -0.618. The number of benzene rings is 1. The molecule has 0 radical (unpaired) electrons. The molecule has 0 N–H and O–H groups in total.